The average molecular weight is 713 g/mol. The zero-order valence-corrected chi connectivity index (χ0v) is 28.7. The lowest BCUT2D eigenvalue weighted by molar-refractivity contribution is -0.246. The largest absolute Gasteiger partial charge is 0.507 e. The van der Waals surface area contributed by atoms with Gasteiger partial charge in [0.15, 0.2) is 18.3 Å². The number of phenols is 2. The first-order valence-corrected chi connectivity index (χ1v) is 17.2. The second-order valence-corrected chi connectivity index (χ2v) is 14.4. The Bertz CT molecular complexity index is 1710. The maximum absolute atomic E-state index is 13.0. The number of aliphatic hydroxyl groups excluding tert-OH is 2. The van der Waals surface area contributed by atoms with Gasteiger partial charge in [-0.15, -0.1) is 0 Å². The maximum Gasteiger partial charge on any atom is 0.207 e. The highest BCUT2D eigenvalue weighted by atomic mass is 16.7. The second-order valence-electron chi connectivity index (χ2n) is 14.4. The van der Waals surface area contributed by atoms with Gasteiger partial charge in [-0.25, -0.2) is 0 Å². The highest BCUT2D eigenvalue weighted by molar-refractivity contribution is 6.31. The van der Waals surface area contributed by atoms with Crippen LogP contribution in [0.15, 0.2) is 18.2 Å². The van der Waals surface area contributed by atoms with Crippen LogP contribution in [0.5, 0.6) is 17.2 Å². The highest BCUT2D eigenvalue weighted by Gasteiger charge is 2.67. The quantitative estimate of drug-likeness (QED) is 0.163. The fraction of sp³-hybridized carbons (Fsp3) is 0.583. The Labute approximate surface area is 294 Å². The van der Waals surface area contributed by atoms with E-state index in [2.05, 4.69) is 17.1 Å². The van der Waals surface area contributed by atoms with Crippen LogP contribution in [0.3, 0.4) is 0 Å². The lowest BCUT2D eigenvalue weighted by atomic mass is 9.46. The van der Waals surface area contributed by atoms with Gasteiger partial charge in [0.1, 0.15) is 23.4 Å². The fourth-order valence-corrected chi connectivity index (χ4v) is 8.88. The average Bonchev–Trinajstić information content (AvgIpc) is 3.48. The molecule has 5 aliphatic carbocycles. The summed E-state index contributed by atoms with van der Waals surface area (Å²) in [4.78, 5) is 38.3. The molecule has 15 nitrogen and oxygen atoms in total. The normalized spacial score (nSPS) is 35.4. The molecule has 1 amide bonds. The van der Waals surface area contributed by atoms with Crippen molar-refractivity contribution in [3.63, 3.8) is 0 Å². The Hall–Kier alpha value is -3.67. The van der Waals surface area contributed by atoms with E-state index in [9.17, 15) is 39.9 Å². The zero-order chi connectivity index (χ0) is 36.4. The summed E-state index contributed by atoms with van der Waals surface area (Å²) in [6.45, 7) is 4.56. The first-order valence-electron chi connectivity index (χ1n) is 17.2. The molecule has 2 bridgehead atoms. The number of ketones is 2. The van der Waals surface area contributed by atoms with Crippen LogP contribution in [-0.4, -0.2) is 130 Å². The Balaban J connectivity index is 0.000000136. The molecule has 15 heteroatoms. The van der Waals surface area contributed by atoms with Crippen molar-refractivity contribution in [3.05, 3.63) is 51.6 Å². The topological polar surface area (TPSA) is 214 Å². The molecule has 3 saturated heterocycles. The van der Waals surface area contributed by atoms with E-state index in [0.717, 1.165) is 51.9 Å². The van der Waals surface area contributed by atoms with Crippen LogP contribution >= 0.6 is 0 Å². The van der Waals surface area contributed by atoms with Crippen molar-refractivity contribution >= 4 is 18.0 Å². The number of fused-ring (bicyclic) bond motifs is 6. The molecule has 2 aromatic rings. The number of hydrogen-bond donors (Lipinski definition) is 6. The molecule has 8 aliphatic rings. The van der Waals surface area contributed by atoms with Crippen molar-refractivity contribution in [1.82, 2.24) is 10.2 Å². The van der Waals surface area contributed by atoms with Crippen LogP contribution < -0.4 is 10.1 Å². The predicted octanol–water partition coefficient (Wildman–Crippen LogP) is 0.816. The van der Waals surface area contributed by atoms with Crippen LogP contribution in [0.1, 0.15) is 88.1 Å². The monoisotopic (exact) mass is 712 g/mol. The Kier molecular flexibility index (Phi) is 9.38. The van der Waals surface area contributed by atoms with E-state index in [1.807, 2.05) is 0 Å². The van der Waals surface area contributed by atoms with E-state index in [1.165, 1.54) is 19.2 Å². The Morgan fingerprint density at radius 3 is 2.39 bits per heavy atom. The van der Waals surface area contributed by atoms with Gasteiger partial charge in [-0.2, -0.15) is 0 Å². The molecule has 6 N–H and O–H groups in total. The molecular formula is C36H44N2O13. The highest BCUT2D eigenvalue weighted by Crippen LogP contribution is 2.60. The number of nitrogens with zero attached hydrogens (tertiary/aromatic N) is 1. The summed E-state index contributed by atoms with van der Waals surface area (Å²) in [5.41, 5.74) is -0.911. The van der Waals surface area contributed by atoms with Crippen molar-refractivity contribution in [2.24, 2.45) is 0 Å². The van der Waals surface area contributed by atoms with E-state index in [0.29, 0.717) is 6.04 Å². The number of morpholine rings is 1. The summed E-state index contributed by atoms with van der Waals surface area (Å²) < 4.78 is 27.7. The summed E-state index contributed by atoms with van der Waals surface area (Å²) >= 11 is 0. The first-order chi connectivity index (χ1) is 24.4. The molecule has 7 atom stereocenters. The lowest BCUT2D eigenvalue weighted by Crippen LogP contribution is -2.77. The molecule has 6 unspecified atom stereocenters. The molecule has 51 heavy (non-hydrogen) atoms. The summed E-state index contributed by atoms with van der Waals surface area (Å²) in [5, 5.41) is 53.3. The number of nitrogens with one attached hydrogen (secondary N) is 1. The number of amides is 1. The van der Waals surface area contributed by atoms with Crippen molar-refractivity contribution in [2.45, 2.75) is 99.6 Å². The molecule has 3 heterocycles. The van der Waals surface area contributed by atoms with E-state index in [4.69, 9.17) is 23.7 Å². The van der Waals surface area contributed by atoms with Crippen LogP contribution in [0.4, 0.5) is 0 Å². The van der Waals surface area contributed by atoms with Gasteiger partial charge in [0.2, 0.25) is 12.2 Å². The molecule has 6 fully saturated rings. The molecule has 0 spiro atoms. The van der Waals surface area contributed by atoms with Gasteiger partial charge < -0.3 is 54.5 Å². The van der Waals surface area contributed by atoms with Gasteiger partial charge in [-0.05, 0) is 38.7 Å². The summed E-state index contributed by atoms with van der Waals surface area (Å²) in [6.07, 6.45) is 1.81. The molecule has 276 valence electrons. The molecular weight excluding hydrogens is 668 g/mol. The van der Waals surface area contributed by atoms with Crippen LogP contribution in [-0.2, 0) is 30.2 Å². The third kappa shape index (κ3) is 5.89. The van der Waals surface area contributed by atoms with Gasteiger partial charge in [0.05, 0.1) is 54.3 Å². The number of aliphatic hydroxyl groups is 3. The predicted molar refractivity (Wildman–Crippen MR) is 176 cm³/mol. The Morgan fingerprint density at radius 2 is 1.73 bits per heavy atom. The number of methoxy groups -OCH3 is 2. The van der Waals surface area contributed by atoms with Crippen molar-refractivity contribution in [1.29, 1.82) is 0 Å². The number of aromatic hydroxyl groups is 2. The third-order valence-corrected chi connectivity index (χ3v) is 11.2. The van der Waals surface area contributed by atoms with E-state index >= 15 is 0 Å². The van der Waals surface area contributed by atoms with Crippen LogP contribution in [0, 0.1) is 0 Å². The smallest absolute Gasteiger partial charge is 0.207 e. The number of carbonyl (C=O) groups excluding carboxylic acids is 3. The van der Waals surface area contributed by atoms with Gasteiger partial charge in [0, 0.05) is 61.4 Å². The van der Waals surface area contributed by atoms with Crippen molar-refractivity contribution in [2.75, 3.05) is 34.0 Å². The number of hydrogen-bond acceptors (Lipinski definition) is 14. The minimum atomic E-state index is -1.26. The van der Waals surface area contributed by atoms with Gasteiger partial charge in [-0.3, -0.25) is 19.3 Å². The minimum Gasteiger partial charge on any atom is -0.507 e. The van der Waals surface area contributed by atoms with Gasteiger partial charge in [-0.1, -0.05) is 12.1 Å². The number of phenolic OH excluding ortho intramolecular Hbond substituents is 2. The summed E-state index contributed by atoms with van der Waals surface area (Å²) in [7, 11) is 3.03. The zero-order valence-electron chi connectivity index (χ0n) is 28.7. The fourth-order valence-electron chi connectivity index (χ4n) is 8.88. The summed E-state index contributed by atoms with van der Waals surface area (Å²) in [6, 6.07) is 4.99. The molecule has 0 radical (unpaired) electrons. The van der Waals surface area contributed by atoms with Gasteiger partial charge >= 0.3 is 0 Å². The molecule has 3 saturated carbocycles. The molecule has 3 aliphatic heterocycles. The van der Waals surface area contributed by atoms with E-state index in [-0.39, 0.29) is 82.2 Å². The number of rotatable bonds is 4. The molecule has 2 aromatic carbocycles. The lowest BCUT2D eigenvalue weighted by Gasteiger charge is -2.67. The van der Waals surface area contributed by atoms with Gasteiger partial charge in [0.25, 0.3) is 0 Å². The SMILES string of the molecule is COC1OCCN2C3CCOC(C)C3O[C@H]12.COc1cccc2c1C(=O)c1c(O)c3c(c(O)c1C2=O)CC(O)CC3O.O=CNC12CC(O)(C1)C2. The third-order valence-electron chi connectivity index (χ3n) is 11.2. The van der Waals surface area contributed by atoms with Crippen LogP contribution in [0.2, 0.25) is 0 Å². The van der Waals surface area contributed by atoms with E-state index < -0.39 is 40.9 Å². The van der Waals surface area contributed by atoms with Crippen LogP contribution in [0.25, 0.3) is 0 Å². The number of ether oxygens (including phenoxy) is 5. The second kappa shape index (κ2) is 13.4. The van der Waals surface area contributed by atoms with Crippen molar-refractivity contribution < 1.29 is 63.6 Å². The molecule has 10 rings (SSSR count). The first kappa shape index (κ1) is 35.7. The van der Waals surface area contributed by atoms with E-state index in [1.54, 1.807) is 13.2 Å². The minimum absolute atomic E-state index is 0.00693. The number of carbonyl (C=O) groups is 3. The standard InChI is InChI=1S/C19H16O7.C11H19NO4.C6H9NO2/c1-26-11-4-2-3-8-13(11)19(25)15-14(16(8)22)17(23)9-5-7(20)6-10(21)12(9)18(15)24;1-7-9-8(3-5-14-7)12-4-6-15-11(13-2)10(12)16-9;8-4-7-5-1-6(9,2-5)3-5/h2-4,7,10,20-21,23-24H,5-6H2,1H3;7-11H,3-6H2,1-2H3;4,9H,1-3H2,(H,7,8)/t;7?,8?,9?,10-,11?;/m.1./s1. The molecule has 0 aromatic heterocycles. The number of benzene rings is 2. The summed E-state index contributed by atoms with van der Waals surface area (Å²) in [5.74, 6) is -2.14. The maximum atomic E-state index is 13.0. The Morgan fingerprint density at radius 1 is 1.00 bits per heavy atom. The van der Waals surface area contributed by atoms with Crippen molar-refractivity contribution in [3.8, 4) is 17.2 Å².